The molecule has 4 aromatic heterocycles. The number of aromatic amines is 2. The van der Waals surface area contributed by atoms with Crippen LogP contribution >= 0.6 is 0 Å². The van der Waals surface area contributed by atoms with Crippen molar-refractivity contribution < 1.29 is 4.39 Å². The summed E-state index contributed by atoms with van der Waals surface area (Å²) in [5.41, 5.74) is 9.42. The molecule has 6 aromatic rings. The molecule has 2 aromatic carbocycles. The minimum atomic E-state index is -0.258. The number of nitrogens with zero attached hydrogens (tertiary/aromatic N) is 5. The summed E-state index contributed by atoms with van der Waals surface area (Å²) in [5, 5.41) is 12.1. The number of imidazole rings is 1. The minimum Gasteiger partial charge on any atom is -0.358 e. The van der Waals surface area contributed by atoms with Crippen LogP contribution in [0.5, 0.6) is 0 Å². The Hall–Kier alpha value is -4.89. The van der Waals surface area contributed by atoms with E-state index in [9.17, 15) is 4.39 Å². The zero-order valence-electron chi connectivity index (χ0n) is 27.3. The molecule has 5 heterocycles. The summed E-state index contributed by atoms with van der Waals surface area (Å²) in [6, 6.07) is 15.4. The van der Waals surface area contributed by atoms with Gasteiger partial charge in [-0.25, -0.2) is 9.37 Å². The first kappa shape index (κ1) is 30.7. The van der Waals surface area contributed by atoms with Crippen LogP contribution in [0, 0.1) is 11.2 Å². The maximum atomic E-state index is 14.9. The monoisotopic (exact) mass is 628 g/mol. The van der Waals surface area contributed by atoms with Crippen LogP contribution in [0.4, 0.5) is 10.1 Å². The topological polar surface area (TPSA) is 98.4 Å². The highest BCUT2D eigenvalue weighted by atomic mass is 19.1. The number of aryl methyl sites for hydroxylation is 1. The maximum absolute atomic E-state index is 14.9. The third-order valence-electron chi connectivity index (χ3n) is 8.69. The van der Waals surface area contributed by atoms with E-state index < -0.39 is 0 Å². The molecule has 0 aliphatic carbocycles. The number of benzene rings is 2. The molecule has 240 valence electrons. The van der Waals surface area contributed by atoms with Gasteiger partial charge in [0.1, 0.15) is 17.0 Å². The Morgan fingerprint density at radius 2 is 1.81 bits per heavy atom. The molecule has 0 atom stereocenters. The van der Waals surface area contributed by atoms with Crippen molar-refractivity contribution >= 4 is 27.6 Å². The third kappa shape index (κ3) is 6.95. The van der Waals surface area contributed by atoms with E-state index in [1.807, 2.05) is 24.5 Å². The Morgan fingerprint density at radius 3 is 2.64 bits per heavy atom. The van der Waals surface area contributed by atoms with Crippen LogP contribution in [0.2, 0.25) is 0 Å². The molecular weight excluding hydrogens is 587 g/mol. The predicted molar refractivity (Wildman–Crippen MR) is 188 cm³/mol. The molecule has 0 amide bonds. The van der Waals surface area contributed by atoms with Gasteiger partial charge in [-0.2, -0.15) is 5.10 Å². The molecule has 7 rings (SSSR count). The quantitative estimate of drug-likeness (QED) is 0.140. The van der Waals surface area contributed by atoms with Gasteiger partial charge in [0.05, 0.1) is 28.6 Å². The van der Waals surface area contributed by atoms with E-state index in [1.54, 1.807) is 18.3 Å². The molecule has 47 heavy (non-hydrogen) atoms. The lowest BCUT2D eigenvalue weighted by atomic mass is 9.91. The van der Waals surface area contributed by atoms with Crippen molar-refractivity contribution in [3.05, 3.63) is 90.8 Å². The van der Waals surface area contributed by atoms with Crippen molar-refractivity contribution in [1.82, 2.24) is 35.0 Å². The van der Waals surface area contributed by atoms with Crippen molar-refractivity contribution in [3.8, 4) is 33.9 Å². The second-order valence-corrected chi connectivity index (χ2v) is 13.9. The molecular formula is C38H41FN8. The molecule has 0 saturated carbocycles. The van der Waals surface area contributed by atoms with Crippen molar-refractivity contribution in [2.24, 2.45) is 5.41 Å². The molecule has 1 aliphatic heterocycles. The number of hydrogen-bond acceptors (Lipinski definition) is 6. The summed E-state index contributed by atoms with van der Waals surface area (Å²) in [7, 11) is 0. The largest absolute Gasteiger partial charge is 0.358 e. The van der Waals surface area contributed by atoms with Crippen LogP contribution in [0.15, 0.2) is 79.4 Å². The van der Waals surface area contributed by atoms with E-state index in [4.69, 9.17) is 4.98 Å². The first-order valence-electron chi connectivity index (χ1n) is 16.4. The first-order valence-corrected chi connectivity index (χ1v) is 16.4. The van der Waals surface area contributed by atoms with Gasteiger partial charge in [-0.3, -0.25) is 15.1 Å². The van der Waals surface area contributed by atoms with Gasteiger partial charge in [0.2, 0.25) is 0 Å². The van der Waals surface area contributed by atoms with Crippen molar-refractivity contribution in [2.75, 3.05) is 25.0 Å². The summed E-state index contributed by atoms with van der Waals surface area (Å²) in [5.74, 6) is 0.359. The van der Waals surface area contributed by atoms with E-state index in [0.717, 1.165) is 75.9 Å². The Morgan fingerprint density at radius 1 is 0.957 bits per heavy atom. The lowest BCUT2D eigenvalue weighted by molar-refractivity contribution is 0.334. The average Bonchev–Trinajstić information content (AvgIpc) is 3.79. The molecule has 1 aliphatic rings. The lowest BCUT2D eigenvalue weighted by Gasteiger charge is -2.20. The number of halogens is 1. The minimum absolute atomic E-state index is 0.137. The number of anilines is 1. The van der Waals surface area contributed by atoms with Crippen molar-refractivity contribution in [3.63, 3.8) is 0 Å². The number of allylic oxidation sites excluding steroid dienone is 1. The van der Waals surface area contributed by atoms with E-state index >= 15 is 0 Å². The van der Waals surface area contributed by atoms with Gasteiger partial charge >= 0.3 is 0 Å². The molecule has 1 fully saturated rings. The normalized spacial score (nSPS) is 14.0. The van der Waals surface area contributed by atoms with Gasteiger partial charge in [0, 0.05) is 34.6 Å². The molecule has 0 spiro atoms. The number of likely N-dealkylation sites (tertiary alicyclic amines) is 1. The Balaban J connectivity index is 1.17. The summed E-state index contributed by atoms with van der Waals surface area (Å²) < 4.78 is 14.9. The smallest absolute Gasteiger partial charge is 0.159 e. The van der Waals surface area contributed by atoms with Gasteiger partial charge in [-0.05, 0) is 111 Å². The molecule has 3 N–H and O–H groups in total. The number of hydrogen-bond donors (Lipinski definition) is 3. The van der Waals surface area contributed by atoms with Crippen LogP contribution in [-0.4, -0.2) is 54.7 Å². The number of H-pyrrole nitrogens is 2. The van der Waals surface area contributed by atoms with Crippen LogP contribution in [0.25, 0.3) is 55.8 Å². The fraction of sp³-hybridized carbons (Fsp3) is 0.316. The number of nitrogens with one attached hydrogen (secondary N) is 3. The van der Waals surface area contributed by atoms with E-state index in [1.165, 1.54) is 25.9 Å². The fourth-order valence-corrected chi connectivity index (χ4v) is 6.63. The van der Waals surface area contributed by atoms with Crippen LogP contribution < -0.4 is 5.32 Å². The highest BCUT2D eigenvalue weighted by Crippen LogP contribution is 2.34. The van der Waals surface area contributed by atoms with Gasteiger partial charge < -0.3 is 15.2 Å². The zero-order chi connectivity index (χ0) is 32.5. The van der Waals surface area contributed by atoms with Crippen molar-refractivity contribution in [2.45, 2.75) is 52.9 Å². The number of fused-ring (bicyclic) bond motifs is 2. The molecule has 0 bridgehead atoms. The molecule has 9 heteroatoms. The fourth-order valence-electron chi connectivity index (χ4n) is 6.63. The van der Waals surface area contributed by atoms with Gasteiger partial charge in [0.25, 0.3) is 0 Å². The summed E-state index contributed by atoms with van der Waals surface area (Å²) >= 11 is 0. The van der Waals surface area contributed by atoms with Gasteiger partial charge in [-0.15, -0.1) is 0 Å². The first-order chi connectivity index (χ1) is 22.7. The molecule has 0 radical (unpaired) electrons. The van der Waals surface area contributed by atoms with Gasteiger partial charge in [-0.1, -0.05) is 33.4 Å². The number of aromatic nitrogens is 6. The Labute approximate surface area is 274 Å². The predicted octanol–water partition coefficient (Wildman–Crippen LogP) is 8.76. The molecule has 8 nitrogen and oxygen atoms in total. The Bertz CT molecular complexity index is 2060. The van der Waals surface area contributed by atoms with E-state index in [0.29, 0.717) is 22.7 Å². The summed E-state index contributed by atoms with van der Waals surface area (Å²) in [6.07, 6.45) is 10.7. The van der Waals surface area contributed by atoms with Crippen LogP contribution in [-0.2, 0) is 6.42 Å². The number of rotatable bonds is 10. The zero-order valence-corrected chi connectivity index (χ0v) is 27.3. The summed E-state index contributed by atoms with van der Waals surface area (Å²) in [4.78, 5) is 20.1. The average molecular weight is 629 g/mol. The Kier molecular flexibility index (Phi) is 8.32. The van der Waals surface area contributed by atoms with E-state index in [2.05, 4.69) is 87.0 Å². The van der Waals surface area contributed by atoms with Crippen LogP contribution in [0.3, 0.4) is 0 Å². The maximum Gasteiger partial charge on any atom is 0.159 e. The highest BCUT2D eigenvalue weighted by Gasteiger charge is 2.18. The van der Waals surface area contributed by atoms with Gasteiger partial charge in [0.15, 0.2) is 5.82 Å². The number of pyridine rings is 2. The van der Waals surface area contributed by atoms with E-state index in [-0.39, 0.29) is 11.2 Å². The highest BCUT2D eigenvalue weighted by molar-refractivity contribution is 5.97. The summed E-state index contributed by atoms with van der Waals surface area (Å²) in [6.45, 7) is 14.2. The standard InChI is InChI=1S/C38H41FN8/c1-24(21-38(2,3)4)42-30-19-28(22-40-23-30)26-9-10-32-31(20-26)35(46-45-32)37-43-33-11-12-41-34(36(33)44-37)27-16-25(17-29(39)18-27)8-7-15-47-13-5-6-14-47/h9-12,16-20,22-23,42H,1,5-8,13-15,21H2,2-4H3,(H,43,44)(H,45,46). The van der Waals surface area contributed by atoms with Crippen LogP contribution in [0.1, 0.15) is 52.0 Å². The third-order valence-corrected chi connectivity index (χ3v) is 8.69. The SMILES string of the molecule is C=C(CC(C)(C)C)Nc1cncc(-c2ccc3[nH]nc(-c4nc5c(-c6cc(F)cc(CCCN7CCCC7)c6)nccc5[nH]4)c3c2)c1. The second-order valence-electron chi connectivity index (χ2n) is 13.9. The molecule has 1 saturated heterocycles. The lowest BCUT2D eigenvalue weighted by Crippen LogP contribution is -2.20. The molecule has 0 unspecified atom stereocenters. The van der Waals surface area contributed by atoms with Crippen molar-refractivity contribution in [1.29, 1.82) is 0 Å². The second kappa shape index (κ2) is 12.7.